The van der Waals surface area contributed by atoms with Crippen LogP contribution < -0.4 is 0 Å². The normalized spacial score (nSPS) is 28.0. The maximum atomic E-state index is 10.6. The summed E-state index contributed by atoms with van der Waals surface area (Å²) in [5.41, 5.74) is 0. The minimum Gasteiger partial charge on any atom is -0.370 e. The molecule has 3 nitrogen and oxygen atoms in total. The van der Waals surface area contributed by atoms with Gasteiger partial charge in [-0.05, 0) is 0 Å². The molecule has 0 amide bonds. The standard InChI is InChI=1S/C6H8O3/c7-4-6-3-5(8)1-2-9-6/h4,6H,1-3H2. The predicted molar refractivity (Wildman–Crippen MR) is 30.0 cm³/mol. The second-order valence-electron chi connectivity index (χ2n) is 2.04. The highest BCUT2D eigenvalue weighted by atomic mass is 16.5. The summed E-state index contributed by atoms with van der Waals surface area (Å²) in [5, 5.41) is 0. The molecule has 0 aromatic carbocycles. The smallest absolute Gasteiger partial charge is 0.149 e. The highest BCUT2D eigenvalue weighted by molar-refractivity contribution is 5.82. The van der Waals surface area contributed by atoms with Crippen molar-refractivity contribution in [3.63, 3.8) is 0 Å². The Bertz CT molecular complexity index is 130. The number of carbonyl (C=O) groups is 2. The molecule has 0 bridgehead atoms. The van der Waals surface area contributed by atoms with Crippen LogP contribution in [0.3, 0.4) is 0 Å². The van der Waals surface area contributed by atoms with Crippen molar-refractivity contribution in [3.8, 4) is 0 Å². The van der Waals surface area contributed by atoms with Crippen LogP contribution in [0.1, 0.15) is 12.8 Å². The zero-order chi connectivity index (χ0) is 6.69. The van der Waals surface area contributed by atoms with Gasteiger partial charge in [-0.1, -0.05) is 0 Å². The van der Waals surface area contributed by atoms with Crippen LogP contribution in [0.2, 0.25) is 0 Å². The van der Waals surface area contributed by atoms with Crippen LogP contribution in [-0.2, 0) is 14.3 Å². The summed E-state index contributed by atoms with van der Waals surface area (Å²) in [6.07, 6.45) is 0.941. The molecule has 1 saturated heterocycles. The van der Waals surface area contributed by atoms with Crippen LogP contribution in [0.15, 0.2) is 0 Å². The number of hydrogen-bond acceptors (Lipinski definition) is 3. The fraction of sp³-hybridized carbons (Fsp3) is 0.667. The van der Waals surface area contributed by atoms with Gasteiger partial charge in [0, 0.05) is 12.8 Å². The van der Waals surface area contributed by atoms with Crippen molar-refractivity contribution in [2.45, 2.75) is 18.9 Å². The van der Waals surface area contributed by atoms with E-state index in [0.717, 1.165) is 0 Å². The monoisotopic (exact) mass is 128 g/mol. The van der Waals surface area contributed by atoms with Gasteiger partial charge in [0.2, 0.25) is 0 Å². The van der Waals surface area contributed by atoms with Crippen molar-refractivity contribution in [2.24, 2.45) is 0 Å². The van der Waals surface area contributed by atoms with E-state index in [1.165, 1.54) is 0 Å². The largest absolute Gasteiger partial charge is 0.370 e. The number of rotatable bonds is 1. The minimum absolute atomic E-state index is 0.123. The van der Waals surface area contributed by atoms with Gasteiger partial charge >= 0.3 is 0 Å². The van der Waals surface area contributed by atoms with E-state index in [1.54, 1.807) is 0 Å². The minimum atomic E-state index is -0.466. The van der Waals surface area contributed by atoms with E-state index in [0.29, 0.717) is 19.3 Å². The van der Waals surface area contributed by atoms with Gasteiger partial charge in [-0.2, -0.15) is 0 Å². The average molecular weight is 128 g/mol. The molecule has 1 unspecified atom stereocenters. The van der Waals surface area contributed by atoms with E-state index in [4.69, 9.17) is 4.74 Å². The fourth-order valence-corrected chi connectivity index (χ4v) is 0.797. The van der Waals surface area contributed by atoms with E-state index in [1.807, 2.05) is 0 Å². The number of hydrogen-bond donors (Lipinski definition) is 0. The van der Waals surface area contributed by atoms with Crippen LogP contribution in [0, 0.1) is 0 Å². The van der Waals surface area contributed by atoms with Crippen molar-refractivity contribution in [1.29, 1.82) is 0 Å². The number of Topliss-reactive ketones (excluding diaryl/α,β-unsaturated/α-hetero) is 1. The summed E-state index contributed by atoms with van der Waals surface area (Å²) < 4.78 is 4.91. The van der Waals surface area contributed by atoms with Gasteiger partial charge in [-0.15, -0.1) is 0 Å². The van der Waals surface area contributed by atoms with Crippen LogP contribution >= 0.6 is 0 Å². The number of ether oxygens (including phenoxy) is 1. The van der Waals surface area contributed by atoms with Gasteiger partial charge in [0.05, 0.1) is 6.61 Å². The Hall–Kier alpha value is -0.700. The van der Waals surface area contributed by atoms with Gasteiger partial charge in [-0.3, -0.25) is 4.79 Å². The van der Waals surface area contributed by atoms with Crippen LogP contribution in [0.25, 0.3) is 0 Å². The molecule has 1 aliphatic heterocycles. The van der Waals surface area contributed by atoms with Crippen LogP contribution in [-0.4, -0.2) is 24.8 Å². The summed E-state index contributed by atoms with van der Waals surface area (Å²) in [7, 11) is 0. The first-order chi connectivity index (χ1) is 4.33. The zero-order valence-corrected chi connectivity index (χ0v) is 5.00. The average Bonchev–Trinajstić information content (AvgIpc) is 1.88. The van der Waals surface area contributed by atoms with E-state index in [2.05, 4.69) is 0 Å². The predicted octanol–water partition coefficient (Wildman–Crippen LogP) is -0.0666. The van der Waals surface area contributed by atoms with Crippen molar-refractivity contribution < 1.29 is 14.3 Å². The first-order valence-corrected chi connectivity index (χ1v) is 2.91. The molecule has 1 aliphatic rings. The molecular formula is C6H8O3. The second kappa shape index (κ2) is 2.73. The summed E-state index contributed by atoms with van der Waals surface area (Å²) in [6, 6.07) is 0. The lowest BCUT2D eigenvalue weighted by atomic mass is 10.1. The Kier molecular flexibility index (Phi) is 1.95. The molecule has 1 rings (SSSR count). The van der Waals surface area contributed by atoms with Crippen molar-refractivity contribution in [1.82, 2.24) is 0 Å². The molecule has 1 atom stereocenters. The molecule has 0 radical (unpaired) electrons. The lowest BCUT2D eigenvalue weighted by molar-refractivity contribution is -0.134. The molecule has 50 valence electrons. The Morgan fingerprint density at radius 2 is 2.44 bits per heavy atom. The molecule has 1 fully saturated rings. The molecule has 0 spiro atoms. The Morgan fingerprint density at radius 1 is 1.67 bits per heavy atom. The van der Waals surface area contributed by atoms with Gasteiger partial charge in [0.25, 0.3) is 0 Å². The van der Waals surface area contributed by atoms with Crippen LogP contribution in [0.5, 0.6) is 0 Å². The lowest BCUT2D eigenvalue weighted by Crippen LogP contribution is -2.26. The van der Waals surface area contributed by atoms with Crippen molar-refractivity contribution in [3.05, 3.63) is 0 Å². The molecule has 0 saturated carbocycles. The number of carbonyl (C=O) groups excluding carboxylic acids is 2. The Labute approximate surface area is 53.0 Å². The molecule has 9 heavy (non-hydrogen) atoms. The Balaban J connectivity index is 2.40. The third kappa shape index (κ3) is 1.61. The van der Waals surface area contributed by atoms with Gasteiger partial charge in [0.1, 0.15) is 18.2 Å². The highest BCUT2D eigenvalue weighted by Gasteiger charge is 2.18. The van der Waals surface area contributed by atoms with Gasteiger partial charge in [0.15, 0.2) is 0 Å². The summed E-state index contributed by atoms with van der Waals surface area (Å²) >= 11 is 0. The van der Waals surface area contributed by atoms with Gasteiger partial charge < -0.3 is 9.53 Å². The summed E-state index contributed by atoms with van der Waals surface area (Å²) in [5.74, 6) is 0.123. The molecule has 0 aromatic heterocycles. The first-order valence-electron chi connectivity index (χ1n) is 2.91. The maximum Gasteiger partial charge on any atom is 0.149 e. The molecular weight excluding hydrogens is 120 g/mol. The van der Waals surface area contributed by atoms with Gasteiger partial charge in [-0.25, -0.2) is 0 Å². The molecule has 1 heterocycles. The third-order valence-corrected chi connectivity index (χ3v) is 1.29. The summed E-state index contributed by atoms with van der Waals surface area (Å²) in [6.45, 7) is 0.405. The lowest BCUT2D eigenvalue weighted by Gasteiger charge is -2.15. The van der Waals surface area contributed by atoms with Crippen molar-refractivity contribution in [2.75, 3.05) is 6.61 Å². The van der Waals surface area contributed by atoms with E-state index in [9.17, 15) is 9.59 Å². The maximum absolute atomic E-state index is 10.6. The Morgan fingerprint density at radius 3 is 2.89 bits per heavy atom. The molecule has 3 heteroatoms. The molecule has 0 aliphatic carbocycles. The van der Waals surface area contributed by atoms with Crippen molar-refractivity contribution >= 4 is 12.1 Å². The SMILES string of the molecule is O=CC1CC(=O)CCO1. The topological polar surface area (TPSA) is 43.4 Å². The van der Waals surface area contributed by atoms with E-state index >= 15 is 0 Å². The third-order valence-electron chi connectivity index (χ3n) is 1.29. The second-order valence-corrected chi connectivity index (χ2v) is 2.04. The number of ketones is 1. The quantitative estimate of drug-likeness (QED) is 0.464. The zero-order valence-electron chi connectivity index (χ0n) is 5.00. The highest BCUT2D eigenvalue weighted by Crippen LogP contribution is 2.06. The number of aldehydes is 1. The molecule has 0 aromatic rings. The van der Waals surface area contributed by atoms with E-state index < -0.39 is 6.10 Å². The molecule has 0 N–H and O–H groups in total. The summed E-state index contributed by atoms with van der Waals surface area (Å²) in [4.78, 5) is 20.6. The van der Waals surface area contributed by atoms with Crippen LogP contribution in [0.4, 0.5) is 0 Å². The first kappa shape index (κ1) is 6.42. The fourth-order valence-electron chi connectivity index (χ4n) is 0.797. The van der Waals surface area contributed by atoms with E-state index in [-0.39, 0.29) is 12.2 Å².